The van der Waals surface area contributed by atoms with Crippen LogP contribution in [0.5, 0.6) is 0 Å². The van der Waals surface area contributed by atoms with Gasteiger partial charge in [0.15, 0.2) is 0 Å². The Morgan fingerprint density at radius 1 is 1.39 bits per heavy atom. The molecule has 0 aliphatic carbocycles. The molecule has 23 heavy (non-hydrogen) atoms. The van der Waals surface area contributed by atoms with E-state index in [2.05, 4.69) is 10.5 Å². The number of carbonyl (C=O) groups excluding carboxylic acids is 2. The highest BCUT2D eigenvalue weighted by Gasteiger charge is 2.20. The first-order chi connectivity index (χ1) is 11.0. The van der Waals surface area contributed by atoms with E-state index in [9.17, 15) is 14.7 Å². The maximum atomic E-state index is 11.6. The number of carboxylic acids is 1. The maximum absolute atomic E-state index is 11.6. The van der Waals surface area contributed by atoms with Crippen molar-refractivity contribution in [3.05, 3.63) is 28.8 Å². The van der Waals surface area contributed by atoms with Crippen LogP contribution in [0.4, 0.5) is 10.5 Å². The zero-order valence-corrected chi connectivity index (χ0v) is 13.4. The lowest BCUT2D eigenvalue weighted by Gasteiger charge is -2.26. The van der Waals surface area contributed by atoms with Crippen molar-refractivity contribution >= 4 is 35.1 Å². The molecule has 0 atom stereocenters. The fourth-order valence-corrected chi connectivity index (χ4v) is 2.36. The smallest absolute Gasteiger partial charge is 0.409 e. The Labute approximate surface area is 138 Å². The van der Waals surface area contributed by atoms with Crippen molar-refractivity contribution in [3.8, 4) is 0 Å². The number of hydrogen-bond donors (Lipinski definition) is 1. The van der Waals surface area contributed by atoms with Crippen LogP contribution in [0.1, 0.15) is 30.1 Å². The van der Waals surface area contributed by atoms with Crippen LogP contribution in [0.15, 0.2) is 23.3 Å². The van der Waals surface area contributed by atoms with Crippen molar-refractivity contribution in [1.82, 2.24) is 4.90 Å². The van der Waals surface area contributed by atoms with Crippen molar-refractivity contribution in [2.75, 3.05) is 25.1 Å². The molecule has 124 valence electrons. The Kier molecular flexibility index (Phi) is 5.81. The molecule has 1 heterocycles. The number of carbonyl (C=O) groups is 2. The summed E-state index contributed by atoms with van der Waals surface area (Å²) in [5.41, 5.74) is 4.13. The van der Waals surface area contributed by atoms with Gasteiger partial charge in [-0.3, -0.25) is 5.43 Å². The van der Waals surface area contributed by atoms with Gasteiger partial charge in [0.2, 0.25) is 0 Å². The second-order valence-corrected chi connectivity index (χ2v) is 5.37. The molecule has 0 saturated carbocycles. The van der Waals surface area contributed by atoms with E-state index in [1.807, 2.05) is 0 Å². The quantitative estimate of drug-likeness (QED) is 0.844. The minimum Gasteiger partial charge on any atom is -0.545 e. The Hall–Kier alpha value is -2.28. The third-order valence-corrected chi connectivity index (χ3v) is 3.73. The Bertz CT molecular complexity index is 623. The highest BCUT2D eigenvalue weighted by atomic mass is 35.5. The lowest BCUT2D eigenvalue weighted by atomic mass is 10.1. The molecule has 0 aromatic heterocycles. The minimum absolute atomic E-state index is 0.0889. The molecule has 1 aliphatic rings. The van der Waals surface area contributed by atoms with Crippen LogP contribution in [0.3, 0.4) is 0 Å². The zero-order chi connectivity index (χ0) is 16.8. The molecule has 0 unspecified atom stereocenters. The van der Waals surface area contributed by atoms with Gasteiger partial charge in [0.25, 0.3) is 0 Å². The molecule has 0 radical (unpaired) electrons. The zero-order valence-electron chi connectivity index (χ0n) is 12.7. The summed E-state index contributed by atoms with van der Waals surface area (Å²) < 4.78 is 4.95. The number of piperidine rings is 1. The molecule has 1 amide bonds. The summed E-state index contributed by atoms with van der Waals surface area (Å²) >= 11 is 5.78. The van der Waals surface area contributed by atoms with Crippen LogP contribution in [-0.2, 0) is 4.74 Å². The average Bonchev–Trinajstić information content (AvgIpc) is 2.54. The Morgan fingerprint density at radius 3 is 2.70 bits per heavy atom. The summed E-state index contributed by atoms with van der Waals surface area (Å²) in [6, 6.07) is 4.47. The highest BCUT2D eigenvalue weighted by Crippen LogP contribution is 2.20. The number of likely N-dealkylation sites (tertiary alicyclic amines) is 1. The number of hydrogen-bond acceptors (Lipinski definition) is 6. The van der Waals surface area contributed by atoms with E-state index in [0.717, 1.165) is 5.71 Å². The second kappa shape index (κ2) is 7.82. The topological polar surface area (TPSA) is 94.1 Å². The van der Waals surface area contributed by atoms with Crippen LogP contribution >= 0.6 is 11.6 Å². The van der Waals surface area contributed by atoms with Gasteiger partial charge in [0.05, 0.1) is 18.3 Å². The van der Waals surface area contributed by atoms with E-state index in [-0.39, 0.29) is 16.7 Å². The van der Waals surface area contributed by atoms with Gasteiger partial charge in [-0.2, -0.15) is 5.10 Å². The normalized spacial score (nSPS) is 14.3. The first kappa shape index (κ1) is 17.1. The summed E-state index contributed by atoms with van der Waals surface area (Å²) in [7, 11) is 0. The second-order valence-electron chi connectivity index (χ2n) is 4.96. The SMILES string of the molecule is CCOC(=O)N1CCC(=NNc2ccc(Cl)c(C(=O)[O-])c2)CC1. The monoisotopic (exact) mass is 338 g/mol. The standard InChI is InChI=1S/C15H18ClN3O4/c1-2-23-15(22)19-7-5-10(6-8-19)17-18-11-3-4-13(16)12(9-11)14(20)21/h3-4,9,18H,2,5-8H2,1H3,(H,20,21)/p-1. The number of nitrogens with one attached hydrogen (secondary N) is 1. The van der Waals surface area contributed by atoms with Crippen LogP contribution < -0.4 is 10.5 Å². The van der Waals surface area contributed by atoms with Crippen molar-refractivity contribution in [2.45, 2.75) is 19.8 Å². The fraction of sp³-hybridized carbons (Fsp3) is 0.400. The van der Waals surface area contributed by atoms with E-state index in [4.69, 9.17) is 16.3 Å². The molecular weight excluding hydrogens is 322 g/mol. The van der Waals surface area contributed by atoms with Crippen molar-refractivity contribution in [3.63, 3.8) is 0 Å². The maximum Gasteiger partial charge on any atom is 0.409 e. The first-order valence-electron chi connectivity index (χ1n) is 7.25. The lowest BCUT2D eigenvalue weighted by molar-refractivity contribution is -0.255. The van der Waals surface area contributed by atoms with Gasteiger partial charge >= 0.3 is 6.09 Å². The van der Waals surface area contributed by atoms with Crippen LogP contribution in [0.25, 0.3) is 0 Å². The molecule has 0 spiro atoms. The average molecular weight is 339 g/mol. The predicted octanol–water partition coefficient (Wildman–Crippen LogP) is 1.72. The van der Waals surface area contributed by atoms with Gasteiger partial charge in [-0.15, -0.1) is 0 Å². The minimum atomic E-state index is -1.34. The number of benzene rings is 1. The third-order valence-electron chi connectivity index (χ3n) is 3.40. The largest absolute Gasteiger partial charge is 0.545 e. The number of nitrogens with zero attached hydrogens (tertiary/aromatic N) is 2. The van der Waals surface area contributed by atoms with E-state index < -0.39 is 5.97 Å². The number of rotatable bonds is 4. The van der Waals surface area contributed by atoms with E-state index >= 15 is 0 Å². The fourth-order valence-electron chi connectivity index (χ4n) is 2.17. The van der Waals surface area contributed by atoms with Gasteiger partial charge in [0.1, 0.15) is 0 Å². The third kappa shape index (κ3) is 4.59. The molecule has 0 bridgehead atoms. The molecule has 8 heteroatoms. The number of anilines is 1. The molecule has 1 aromatic carbocycles. The van der Waals surface area contributed by atoms with Crippen LogP contribution in [0.2, 0.25) is 5.02 Å². The number of aromatic carboxylic acids is 1. The van der Waals surface area contributed by atoms with Gasteiger partial charge in [-0.05, 0) is 25.1 Å². The van der Waals surface area contributed by atoms with Gasteiger partial charge < -0.3 is 19.5 Å². The molecule has 1 aromatic rings. The first-order valence-corrected chi connectivity index (χ1v) is 7.63. The van der Waals surface area contributed by atoms with Crippen molar-refractivity contribution in [1.29, 1.82) is 0 Å². The van der Waals surface area contributed by atoms with E-state index in [0.29, 0.717) is 38.2 Å². The molecule has 7 nitrogen and oxygen atoms in total. The van der Waals surface area contributed by atoms with E-state index in [1.54, 1.807) is 17.9 Å². The summed E-state index contributed by atoms with van der Waals surface area (Å²) in [5.74, 6) is -1.34. The highest BCUT2D eigenvalue weighted by molar-refractivity contribution is 6.33. The molecule has 1 fully saturated rings. The van der Waals surface area contributed by atoms with E-state index in [1.165, 1.54) is 12.1 Å². The van der Waals surface area contributed by atoms with Gasteiger partial charge in [-0.1, -0.05) is 11.6 Å². The molecule has 1 saturated heterocycles. The molecule has 1 aliphatic heterocycles. The number of hydrazone groups is 1. The predicted molar refractivity (Wildman–Crippen MR) is 84.7 cm³/mol. The number of carboxylic acid groups (broad SMARTS) is 1. The molecular formula is C15H17ClN3O4-. The lowest BCUT2D eigenvalue weighted by Crippen LogP contribution is -2.39. The van der Waals surface area contributed by atoms with Gasteiger partial charge in [0, 0.05) is 42.2 Å². The number of halogens is 1. The summed E-state index contributed by atoms with van der Waals surface area (Å²) in [6.45, 7) is 3.22. The number of amides is 1. The van der Waals surface area contributed by atoms with Gasteiger partial charge in [-0.25, -0.2) is 4.79 Å². The summed E-state index contributed by atoms with van der Waals surface area (Å²) in [4.78, 5) is 24.2. The van der Waals surface area contributed by atoms with Crippen LogP contribution in [-0.4, -0.2) is 42.4 Å². The van der Waals surface area contributed by atoms with Crippen LogP contribution in [0, 0.1) is 0 Å². The van der Waals surface area contributed by atoms with Crippen molar-refractivity contribution < 1.29 is 19.4 Å². The summed E-state index contributed by atoms with van der Waals surface area (Å²) in [6.07, 6.45) is 0.954. The Balaban J connectivity index is 1.94. The Morgan fingerprint density at radius 2 is 2.09 bits per heavy atom. The molecule has 2 rings (SSSR count). The number of ether oxygens (including phenoxy) is 1. The summed E-state index contributed by atoms with van der Waals surface area (Å²) in [5, 5.41) is 15.3. The van der Waals surface area contributed by atoms with Crippen molar-refractivity contribution in [2.24, 2.45) is 5.10 Å². The molecule has 1 N–H and O–H groups in total.